The molecule has 0 saturated heterocycles. The Hall–Kier alpha value is -3.18. The molecule has 0 atom stereocenters. The van der Waals surface area contributed by atoms with Crippen molar-refractivity contribution in [3.05, 3.63) is 47.5 Å². The molecular weight excluding hydrogens is 492 g/mol. The minimum atomic E-state index is -0.168. The summed E-state index contributed by atoms with van der Waals surface area (Å²) in [5.74, 6) is 1.16. The van der Waals surface area contributed by atoms with Gasteiger partial charge < -0.3 is 39.1 Å². The Bertz CT molecular complexity index is 999. The molecule has 0 radical (unpaired) electrons. The summed E-state index contributed by atoms with van der Waals surface area (Å²) in [7, 11) is 3.14. The number of ether oxygens (including phenoxy) is 6. The van der Waals surface area contributed by atoms with E-state index in [4.69, 9.17) is 28.4 Å². The SMILES string of the molecule is CNC(=O)COCCOCCOCCOc1ccc(C)c(-c2cc(OCCOCC(=O)NC)ccc2C)c1. The molecule has 0 aliphatic heterocycles. The van der Waals surface area contributed by atoms with Gasteiger partial charge in [0.25, 0.3) is 0 Å². The lowest BCUT2D eigenvalue weighted by molar-refractivity contribution is -0.126. The summed E-state index contributed by atoms with van der Waals surface area (Å²) >= 11 is 0. The Labute approximate surface area is 224 Å². The fourth-order valence-corrected chi connectivity index (χ4v) is 3.31. The molecule has 0 spiro atoms. The van der Waals surface area contributed by atoms with Crippen LogP contribution in [0, 0.1) is 13.8 Å². The highest BCUT2D eigenvalue weighted by molar-refractivity contribution is 5.77. The van der Waals surface area contributed by atoms with Gasteiger partial charge in [0, 0.05) is 14.1 Å². The van der Waals surface area contributed by atoms with E-state index < -0.39 is 0 Å². The molecule has 0 bridgehead atoms. The van der Waals surface area contributed by atoms with Crippen LogP contribution in [-0.4, -0.2) is 92.0 Å². The van der Waals surface area contributed by atoms with E-state index in [1.165, 1.54) is 0 Å². The molecule has 2 amide bonds. The first kappa shape index (κ1) is 31.0. The molecule has 2 N–H and O–H groups in total. The van der Waals surface area contributed by atoms with Crippen molar-refractivity contribution in [1.29, 1.82) is 0 Å². The zero-order valence-corrected chi connectivity index (χ0v) is 22.8. The molecule has 0 aliphatic rings. The summed E-state index contributed by atoms with van der Waals surface area (Å²) in [6.45, 7) is 7.32. The van der Waals surface area contributed by atoms with E-state index in [2.05, 4.69) is 24.5 Å². The molecule has 0 fully saturated rings. The number of hydrogen-bond donors (Lipinski definition) is 2. The van der Waals surface area contributed by atoms with Crippen molar-refractivity contribution in [1.82, 2.24) is 10.6 Å². The summed E-state index contributed by atoms with van der Waals surface area (Å²) in [6.07, 6.45) is 0. The Morgan fingerprint density at radius 1 is 0.579 bits per heavy atom. The quantitative estimate of drug-likeness (QED) is 0.265. The van der Waals surface area contributed by atoms with Gasteiger partial charge in [0.1, 0.15) is 37.9 Å². The zero-order chi connectivity index (χ0) is 27.6. The average molecular weight is 533 g/mol. The van der Waals surface area contributed by atoms with Crippen molar-refractivity contribution in [2.75, 3.05) is 80.2 Å². The van der Waals surface area contributed by atoms with Crippen LogP contribution in [-0.2, 0) is 28.5 Å². The molecule has 10 nitrogen and oxygen atoms in total. The van der Waals surface area contributed by atoms with Crippen LogP contribution in [0.3, 0.4) is 0 Å². The van der Waals surface area contributed by atoms with Crippen LogP contribution < -0.4 is 20.1 Å². The molecule has 210 valence electrons. The number of rotatable bonds is 19. The van der Waals surface area contributed by atoms with Crippen LogP contribution >= 0.6 is 0 Å². The molecule has 0 aliphatic carbocycles. The van der Waals surface area contributed by atoms with Crippen molar-refractivity contribution in [3.8, 4) is 22.6 Å². The molecule has 2 aromatic rings. The first-order valence-corrected chi connectivity index (χ1v) is 12.6. The van der Waals surface area contributed by atoms with Crippen molar-refractivity contribution in [2.24, 2.45) is 0 Å². The molecule has 0 unspecified atom stereocenters. The minimum Gasteiger partial charge on any atom is -0.491 e. The molecule has 10 heteroatoms. The normalized spacial score (nSPS) is 10.7. The second kappa shape index (κ2) is 18.1. The summed E-state index contributed by atoms with van der Waals surface area (Å²) < 4.78 is 33.1. The maximum Gasteiger partial charge on any atom is 0.245 e. The highest BCUT2D eigenvalue weighted by Gasteiger charge is 2.10. The summed E-state index contributed by atoms with van der Waals surface area (Å²) in [5, 5.41) is 5.00. The maximum atomic E-state index is 11.2. The van der Waals surface area contributed by atoms with E-state index in [0.717, 1.165) is 33.8 Å². The fourth-order valence-electron chi connectivity index (χ4n) is 3.31. The first-order chi connectivity index (χ1) is 18.4. The topological polar surface area (TPSA) is 114 Å². The van der Waals surface area contributed by atoms with E-state index in [-0.39, 0.29) is 25.0 Å². The third-order valence-electron chi connectivity index (χ3n) is 5.47. The predicted molar refractivity (Wildman–Crippen MR) is 144 cm³/mol. The van der Waals surface area contributed by atoms with Gasteiger partial charge in [0.2, 0.25) is 11.8 Å². The van der Waals surface area contributed by atoms with Gasteiger partial charge in [-0.3, -0.25) is 9.59 Å². The molecular formula is C28H40N2O8. The van der Waals surface area contributed by atoms with Crippen LogP contribution in [0.2, 0.25) is 0 Å². The average Bonchev–Trinajstić information content (AvgIpc) is 2.92. The van der Waals surface area contributed by atoms with E-state index in [1.807, 2.05) is 36.4 Å². The van der Waals surface area contributed by atoms with Crippen LogP contribution in [0.25, 0.3) is 11.1 Å². The third kappa shape index (κ3) is 11.9. The van der Waals surface area contributed by atoms with Gasteiger partial charge in [-0.15, -0.1) is 0 Å². The first-order valence-electron chi connectivity index (χ1n) is 12.6. The van der Waals surface area contributed by atoms with Crippen LogP contribution in [0.4, 0.5) is 0 Å². The Morgan fingerprint density at radius 3 is 1.37 bits per heavy atom. The van der Waals surface area contributed by atoms with Gasteiger partial charge in [-0.1, -0.05) is 12.1 Å². The van der Waals surface area contributed by atoms with Crippen molar-refractivity contribution in [2.45, 2.75) is 13.8 Å². The number of nitrogens with one attached hydrogen (secondary N) is 2. The number of benzene rings is 2. The molecule has 0 heterocycles. The van der Waals surface area contributed by atoms with E-state index >= 15 is 0 Å². The van der Waals surface area contributed by atoms with Crippen LogP contribution in [0.15, 0.2) is 36.4 Å². The lowest BCUT2D eigenvalue weighted by Crippen LogP contribution is -2.24. The van der Waals surface area contributed by atoms with E-state index in [9.17, 15) is 9.59 Å². The molecule has 2 rings (SSSR count). The number of amides is 2. The zero-order valence-electron chi connectivity index (χ0n) is 22.8. The lowest BCUT2D eigenvalue weighted by atomic mass is 9.96. The van der Waals surface area contributed by atoms with E-state index in [1.54, 1.807) is 14.1 Å². The third-order valence-corrected chi connectivity index (χ3v) is 5.47. The van der Waals surface area contributed by atoms with Gasteiger partial charge in [-0.05, 0) is 60.4 Å². The Kier molecular flexibility index (Phi) is 14.8. The largest absolute Gasteiger partial charge is 0.491 e. The number of hydrogen-bond acceptors (Lipinski definition) is 8. The van der Waals surface area contributed by atoms with Gasteiger partial charge in [-0.2, -0.15) is 0 Å². The van der Waals surface area contributed by atoms with Gasteiger partial charge >= 0.3 is 0 Å². The lowest BCUT2D eigenvalue weighted by Gasteiger charge is -2.15. The number of aryl methyl sites for hydroxylation is 2. The van der Waals surface area contributed by atoms with E-state index in [0.29, 0.717) is 52.9 Å². The van der Waals surface area contributed by atoms with Gasteiger partial charge in [0.15, 0.2) is 0 Å². The van der Waals surface area contributed by atoms with Crippen LogP contribution in [0.1, 0.15) is 11.1 Å². The smallest absolute Gasteiger partial charge is 0.245 e. The highest BCUT2D eigenvalue weighted by atomic mass is 16.6. The molecule has 0 aromatic heterocycles. The molecule has 2 aromatic carbocycles. The summed E-state index contributed by atoms with van der Waals surface area (Å²) in [6, 6.07) is 12.0. The van der Waals surface area contributed by atoms with Gasteiger partial charge in [-0.25, -0.2) is 0 Å². The van der Waals surface area contributed by atoms with Crippen LogP contribution in [0.5, 0.6) is 11.5 Å². The molecule has 0 saturated carbocycles. The number of carbonyl (C=O) groups excluding carboxylic acids is 2. The maximum absolute atomic E-state index is 11.2. The Morgan fingerprint density at radius 2 is 0.947 bits per heavy atom. The minimum absolute atomic E-state index is 0.0146. The second-order valence-electron chi connectivity index (χ2n) is 8.33. The monoisotopic (exact) mass is 532 g/mol. The van der Waals surface area contributed by atoms with Crippen molar-refractivity contribution >= 4 is 11.8 Å². The second-order valence-corrected chi connectivity index (χ2v) is 8.33. The Balaban J connectivity index is 1.74. The fraction of sp³-hybridized carbons (Fsp3) is 0.500. The summed E-state index contributed by atoms with van der Waals surface area (Å²) in [4.78, 5) is 22.3. The predicted octanol–water partition coefficient (Wildman–Crippen LogP) is 2.29. The van der Waals surface area contributed by atoms with Crippen molar-refractivity contribution in [3.63, 3.8) is 0 Å². The standard InChI is InChI=1S/C28H40N2O8/c1-21-5-7-23(37-15-13-34-10-9-33-11-12-35-19-27(31)29-3)17-25(21)26-18-24(8-6-22(26)2)38-16-14-36-20-28(32)30-4/h5-8,17-18H,9-16,19-20H2,1-4H3,(H,29,31)(H,30,32). The number of carbonyl (C=O) groups is 2. The van der Waals surface area contributed by atoms with Crippen molar-refractivity contribution < 1.29 is 38.0 Å². The van der Waals surface area contributed by atoms with Gasteiger partial charge in [0.05, 0.1) is 39.6 Å². The summed E-state index contributed by atoms with van der Waals surface area (Å²) in [5.41, 5.74) is 4.37. The number of likely N-dealkylation sites (N-methyl/N-ethyl adjacent to an activating group) is 2. The highest BCUT2D eigenvalue weighted by Crippen LogP contribution is 2.32. The molecule has 38 heavy (non-hydrogen) atoms.